The highest BCUT2D eigenvalue weighted by Gasteiger charge is 2.19. The summed E-state index contributed by atoms with van der Waals surface area (Å²) in [6.45, 7) is 0.761. The second-order valence-electron chi connectivity index (χ2n) is 5.48. The summed E-state index contributed by atoms with van der Waals surface area (Å²) < 4.78 is 18.4. The fourth-order valence-corrected chi connectivity index (χ4v) is 2.28. The van der Waals surface area contributed by atoms with Crippen LogP contribution in [-0.4, -0.2) is 30.4 Å². The predicted octanol–water partition coefficient (Wildman–Crippen LogP) is 3.43. The van der Waals surface area contributed by atoms with Crippen LogP contribution in [0, 0.1) is 5.82 Å². The number of rotatable bonds is 6. The fraction of sp³-hybridized carbons (Fsp3) is 0.167. The number of benzene rings is 2. The van der Waals surface area contributed by atoms with Crippen molar-refractivity contribution in [3.8, 4) is 0 Å². The van der Waals surface area contributed by atoms with Gasteiger partial charge in [-0.1, -0.05) is 23.2 Å². The Morgan fingerprint density at radius 3 is 2.37 bits per heavy atom. The largest absolute Gasteiger partial charge is 0.454 e. The van der Waals surface area contributed by atoms with Crippen LogP contribution in [0.1, 0.15) is 17.3 Å². The van der Waals surface area contributed by atoms with Gasteiger partial charge < -0.3 is 15.4 Å². The molecule has 0 fully saturated rings. The molecule has 0 saturated heterocycles. The second-order valence-corrected chi connectivity index (χ2v) is 6.35. The first kappa shape index (κ1) is 20.7. The topological polar surface area (TPSA) is 84.5 Å². The number of carbonyl (C=O) groups excluding carboxylic acids is 3. The summed E-state index contributed by atoms with van der Waals surface area (Å²) in [5.41, 5.74) is 0.181. The molecule has 2 N–H and O–H groups in total. The van der Waals surface area contributed by atoms with Crippen molar-refractivity contribution in [2.24, 2.45) is 0 Å². The molecule has 0 unspecified atom stereocenters. The van der Waals surface area contributed by atoms with Gasteiger partial charge in [-0.05, 0) is 49.4 Å². The number of esters is 1. The van der Waals surface area contributed by atoms with Crippen molar-refractivity contribution in [3.05, 3.63) is 63.9 Å². The van der Waals surface area contributed by atoms with Crippen LogP contribution < -0.4 is 10.6 Å². The van der Waals surface area contributed by atoms with Crippen molar-refractivity contribution >= 4 is 46.7 Å². The van der Waals surface area contributed by atoms with Crippen molar-refractivity contribution < 1.29 is 23.5 Å². The third kappa shape index (κ3) is 6.23. The normalized spacial score (nSPS) is 11.4. The minimum atomic E-state index is -0.996. The predicted molar refractivity (Wildman–Crippen MR) is 99.4 cm³/mol. The Morgan fingerprint density at radius 2 is 1.70 bits per heavy atom. The lowest BCUT2D eigenvalue weighted by Gasteiger charge is -2.13. The lowest BCUT2D eigenvalue weighted by Crippen LogP contribution is -2.40. The molecule has 0 aliphatic heterocycles. The number of ether oxygens (including phenoxy) is 1. The van der Waals surface area contributed by atoms with Crippen LogP contribution >= 0.6 is 23.2 Å². The minimum absolute atomic E-state index is 0.132. The summed E-state index contributed by atoms with van der Waals surface area (Å²) >= 11 is 11.5. The van der Waals surface area contributed by atoms with Crippen molar-refractivity contribution in [2.75, 3.05) is 11.9 Å². The summed E-state index contributed by atoms with van der Waals surface area (Å²) in [6, 6.07) is 8.74. The zero-order valence-corrected chi connectivity index (χ0v) is 15.6. The van der Waals surface area contributed by atoms with Crippen LogP contribution in [0.25, 0.3) is 0 Å². The SMILES string of the molecule is C[C@H](NC(=O)c1ccc(Cl)cc1)C(=O)OCC(=O)Nc1cc(Cl)ccc1F. The number of hydrogen-bond acceptors (Lipinski definition) is 4. The lowest BCUT2D eigenvalue weighted by molar-refractivity contribution is -0.148. The average molecular weight is 413 g/mol. The molecule has 142 valence electrons. The van der Waals surface area contributed by atoms with E-state index < -0.39 is 36.2 Å². The van der Waals surface area contributed by atoms with Gasteiger partial charge in [-0.2, -0.15) is 0 Å². The second kappa shape index (κ2) is 9.34. The molecule has 2 rings (SSSR count). The quantitative estimate of drug-likeness (QED) is 0.711. The maximum Gasteiger partial charge on any atom is 0.328 e. The Bertz CT molecular complexity index is 859. The number of hydrogen-bond donors (Lipinski definition) is 2. The third-order valence-electron chi connectivity index (χ3n) is 3.36. The van der Waals surface area contributed by atoms with Crippen LogP contribution in [0.3, 0.4) is 0 Å². The van der Waals surface area contributed by atoms with Gasteiger partial charge in [0.2, 0.25) is 0 Å². The molecule has 2 aromatic rings. The van der Waals surface area contributed by atoms with E-state index in [9.17, 15) is 18.8 Å². The minimum Gasteiger partial charge on any atom is -0.454 e. The first-order valence-corrected chi connectivity index (χ1v) is 8.50. The van der Waals surface area contributed by atoms with Gasteiger partial charge in [-0.25, -0.2) is 9.18 Å². The van der Waals surface area contributed by atoms with Crippen LogP contribution in [0.5, 0.6) is 0 Å². The molecule has 0 saturated carbocycles. The Hall–Kier alpha value is -2.64. The van der Waals surface area contributed by atoms with E-state index in [0.29, 0.717) is 10.6 Å². The van der Waals surface area contributed by atoms with Crippen molar-refractivity contribution in [2.45, 2.75) is 13.0 Å². The van der Waals surface area contributed by atoms with Gasteiger partial charge in [-0.3, -0.25) is 9.59 Å². The number of amides is 2. The summed E-state index contributed by atoms with van der Waals surface area (Å²) in [6.07, 6.45) is 0. The highest BCUT2D eigenvalue weighted by molar-refractivity contribution is 6.31. The van der Waals surface area contributed by atoms with Crippen molar-refractivity contribution in [1.29, 1.82) is 0 Å². The maximum absolute atomic E-state index is 13.5. The van der Waals surface area contributed by atoms with E-state index in [0.717, 1.165) is 6.07 Å². The Morgan fingerprint density at radius 1 is 1.07 bits per heavy atom. The molecule has 0 aromatic heterocycles. The lowest BCUT2D eigenvalue weighted by atomic mass is 10.2. The fourth-order valence-electron chi connectivity index (χ4n) is 1.98. The van der Waals surface area contributed by atoms with Gasteiger partial charge in [0.25, 0.3) is 11.8 Å². The average Bonchev–Trinajstić information content (AvgIpc) is 2.63. The number of nitrogens with one attached hydrogen (secondary N) is 2. The standard InChI is InChI=1S/C18H15Cl2FN2O4/c1-10(22-17(25)11-2-4-12(19)5-3-11)18(26)27-9-16(24)23-15-8-13(20)6-7-14(15)21/h2-8,10H,9H2,1H3,(H,22,25)(H,23,24)/t10-/m0/s1. The molecule has 1 atom stereocenters. The zero-order chi connectivity index (χ0) is 20.0. The monoisotopic (exact) mass is 412 g/mol. The molecule has 2 amide bonds. The van der Waals surface area contributed by atoms with Gasteiger partial charge in [0.1, 0.15) is 11.9 Å². The van der Waals surface area contributed by atoms with E-state index in [2.05, 4.69) is 10.6 Å². The summed E-state index contributed by atoms with van der Waals surface area (Å²) in [7, 11) is 0. The molecule has 9 heteroatoms. The molecule has 2 aromatic carbocycles. The highest BCUT2D eigenvalue weighted by Crippen LogP contribution is 2.19. The molecule has 0 aliphatic rings. The third-order valence-corrected chi connectivity index (χ3v) is 3.84. The first-order valence-electron chi connectivity index (χ1n) is 7.74. The van der Waals surface area contributed by atoms with E-state index in [1.54, 1.807) is 12.1 Å². The molecule has 0 radical (unpaired) electrons. The summed E-state index contributed by atoms with van der Waals surface area (Å²) in [5.74, 6) is -2.75. The van der Waals surface area contributed by atoms with Gasteiger partial charge in [0, 0.05) is 15.6 Å². The van der Waals surface area contributed by atoms with E-state index in [4.69, 9.17) is 27.9 Å². The van der Waals surface area contributed by atoms with E-state index in [1.807, 2.05) is 0 Å². The van der Waals surface area contributed by atoms with Gasteiger partial charge in [0.15, 0.2) is 6.61 Å². The maximum atomic E-state index is 13.5. The zero-order valence-electron chi connectivity index (χ0n) is 14.1. The van der Waals surface area contributed by atoms with Gasteiger partial charge in [0.05, 0.1) is 5.69 Å². The van der Waals surface area contributed by atoms with Crippen molar-refractivity contribution in [3.63, 3.8) is 0 Å². The molecule has 6 nitrogen and oxygen atoms in total. The molecule has 0 heterocycles. The first-order chi connectivity index (χ1) is 12.8. The molecule has 0 bridgehead atoms. The van der Waals surface area contributed by atoms with Crippen molar-refractivity contribution in [1.82, 2.24) is 5.32 Å². The van der Waals surface area contributed by atoms with Crippen LogP contribution in [-0.2, 0) is 14.3 Å². The molecular weight excluding hydrogens is 398 g/mol. The molecule has 27 heavy (non-hydrogen) atoms. The number of anilines is 1. The highest BCUT2D eigenvalue weighted by atomic mass is 35.5. The van der Waals surface area contributed by atoms with E-state index in [1.165, 1.54) is 31.2 Å². The Kier molecular flexibility index (Phi) is 7.15. The van der Waals surface area contributed by atoms with Gasteiger partial charge in [-0.15, -0.1) is 0 Å². The van der Waals surface area contributed by atoms with E-state index in [-0.39, 0.29) is 10.7 Å². The molecular formula is C18H15Cl2FN2O4. The number of halogens is 3. The Labute approximate surface area is 164 Å². The number of carbonyl (C=O) groups is 3. The Balaban J connectivity index is 1.83. The van der Waals surface area contributed by atoms with E-state index >= 15 is 0 Å². The molecule has 0 aliphatic carbocycles. The van der Waals surface area contributed by atoms with Crippen LogP contribution in [0.15, 0.2) is 42.5 Å². The summed E-state index contributed by atoms with van der Waals surface area (Å²) in [4.78, 5) is 35.7. The van der Waals surface area contributed by atoms with Crippen LogP contribution in [0.2, 0.25) is 10.0 Å². The van der Waals surface area contributed by atoms with Crippen LogP contribution in [0.4, 0.5) is 10.1 Å². The summed E-state index contributed by atoms with van der Waals surface area (Å²) in [5, 5.41) is 5.39. The molecule has 0 spiro atoms. The van der Waals surface area contributed by atoms with Gasteiger partial charge >= 0.3 is 5.97 Å². The smallest absolute Gasteiger partial charge is 0.328 e.